The molecule has 1 aromatic carbocycles. The van der Waals surface area contributed by atoms with Crippen LogP contribution in [0, 0.1) is 10.1 Å². The van der Waals surface area contributed by atoms with E-state index in [9.17, 15) is 10.1 Å². The van der Waals surface area contributed by atoms with Crippen LogP contribution in [-0.4, -0.2) is 11.5 Å². The van der Waals surface area contributed by atoms with E-state index in [4.69, 9.17) is 5.53 Å². The molecule has 0 atom stereocenters. The monoisotopic (exact) mass is 270 g/mol. The van der Waals surface area contributed by atoms with E-state index in [1.165, 1.54) is 6.07 Å². The summed E-state index contributed by atoms with van der Waals surface area (Å²) in [6.45, 7) is 0.288. The van der Waals surface area contributed by atoms with Crippen molar-refractivity contribution in [3.8, 4) is 0 Å². The van der Waals surface area contributed by atoms with Gasteiger partial charge in [-0.05, 0) is 33.4 Å². The van der Waals surface area contributed by atoms with Gasteiger partial charge in [0, 0.05) is 17.5 Å². The molecule has 1 rings (SSSR count). The summed E-state index contributed by atoms with van der Waals surface area (Å²) in [5.41, 5.74) is 8.88. The van der Waals surface area contributed by atoms with Gasteiger partial charge in [-0.2, -0.15) is 0 Å². The van der Waals surface area contributed by atoms with Crippen molar-refractivity contribution in [2.24, 2.45) is 5.11 Å². The average molecular weight is 271 g/mol. The van der Waals surface area contributed by atoms with Crippen LogP contribution in [0.2, 0.25) is 0 Å². The van der Waals surface area contributed by atoms with Gasteiger partial charge in [-0.15, -0.1) is 0 Å². The van der Waals surface area contributed by atoms with E-state index >= 15 is 0 Å². The Labute approximate surface area is 93.8 Å². The SMILES string of the molecule is [N-]=[N+]=NCCc1cccc([N+](=O)[O-])c1Br. The molecule has 15 heavy (non-hydrogen) atoms. The highest BCUT2D eigenvalue weighted by Gasteiger charge is 2.13. The van der Waals surface area contributed by atoms with E-state index < -0.39 is 4.92 Å². The van der Waals surface area contributed by atoms with Gasteiger partial charge in [0.15, 0.2) is 0 Å². The van der Waals surface area contributed by atoms with Gasteiger partial charge >= 0.3 is 0 Å². The third-order valence-corrected chi connectivity index (χ3v) is 2.71. The number of benzene rings is 1. The Kier molecular flexibility index (Phi) is 4.08. The molecule has 0 aliphatic carbocycles. The zero-order valence-corrected chi connectivity index (χ0v) is 9.22. The summed E-state index contributed by atoms with van der Waals surface area (Å²) >= 11 is 3.16. The largest absolute Gasteiger partial charge is 0.283 e. The topological polar surface area (TPSA) is 91.9 Å². The number of azide groups is 1. The van der Waals surface area contributed by atoms with Crippen LogP contribution < -0.4 is 0 Å². The molecule has 0 fully saturated rings. The summed E-state index contributed by atoms with van der Waals surface area (Å²) in [7, 11) is 0. The molecule has 0 saturated carbocycles. The van der Waals surface area contributed by atoms with Crippen LogP contribution in [0.15, 0.2) is 27.8 Å². The molecule has 1 aromatic rings. The highest BCUT2D eigenvalue weighted by Crippen LogP contribution is 2.28. The lowest BCUT2D eigenvalue weighted by molar-refractivity contribution is -0.385. The van der Waals surface area contributed by atoms with E-state index in [0.717, 1.165) is 5.56 Å². The van der Waals surface area contributed by atoms with Crippen LogP contribution >= 0.6 is 15.9 Å². The lowest BCUT2D eigenvalue weighted by Crippen LogP contribution is -1.95. The first kappa shape index (κ1) is 11.5. The number of hydrogen-bond donors (Lipinski definition) is 0. The first-order chi connectivity index (χ1) is 7.16. The molecule has 0 aliphatic heterocycles. The number of hydrogen-bond acceptors (Lipinski definition) is 3. The molecule has 6 nitrogen and oxygen atoms in total. The number of nitrogens with zero attached hydrogens (tertiary/aromatic N) is 4. The summed E-state index contributed by atoms with van der Waals surface area (Å²) in [6, 6.07) is 4.78. The average Bonchev–Trinajstić information content (AvgIpc) is 2.20. The molecule has 0 unspecified atom stereocenters. The van der Waals surface area contributed by atoms with E-state index in [2.05, 4.69) is 26.0 Å². The fourth-order valence-corrected chi connectivity index (χ4v) is 1.72. The molecule has 0 aromatic heterocycles. The number of nitro groups is 1. The quantitative estimate of drug-likeness (QED) is 0.276. The van der Waals surface area contributed by atoms with Crippen molar-refractivity contribution in [2.75, 3.05) is 6.54 Å². The summed E-state index contributed by atoms with van der Waals surface area (Å²) in [6.07, 6.45) is 0.478. The van der Waals surface area contributed by atoms with Gasteiger partial charge in [-0.3, -0.25) is 10.1 Å². The van der Waals surface area contributed by atoms with Crippen LogP contribution in [0.4, 0.5) is 5.69 Å². The molecule has 0 bridgehead atoms. The normalized spacial score (nSPS) is 9.40. The van der Waals surface area contributed by atoms with Crippen LogP contribution in [0.3, 0.4) is 0 Å². The van der Waals surface area contributed by atoms with Gasteiger partial charge in [0.2, 0.25) is 0 Å². The highest BCUT2D eigenvalue weighted by molar-refractivity contribution is 9.10. The minimum atomic E-state index is -0.457. The predicted octanol–water partition coefficient (Wildman–Crippen LogP) is 3.21. The molecule has 0 spiro atoms. The molecule has 0 aliphatic rings. The van der Waals surface area contributed by atoms with Crippen molar-refractivity contribution in [3.05, 3.63) is 48.8 Å². The van der Waals surface area contributed by atoms with Crippen LogP contribution in [0.25, 0.3) is 10.4 Å². The van der Waals surface area contributed by atoms with Gasteiger partial charge in [0.1, 0.15) is 0 Å². The van der Waals surface area contributed by atoms with Gasteiger partial charge < -0.3 is 0 Å². The minimum absolute atomic E-state index is 0.0217. The number of nitro benzene ring substituents is 1. The Morgan fingerprint density at radius 2 is 2.33 bits per heavy atom. The zero-order chi connectivity index (χ0) is 11.3. The Morgan fingerprint density at radius 1 is 1.60 bits per heavy atom. The van der Waals surface area contributed by atoms with Crippen molar-refractivity contribution in [3.63, 3.8) is 0 Å². The summed E-state index contributed by atoms with van der Waals surface area (Å²) < 4.78 is 0.447. The lowest BCUT2D eigenvalue weighted by atomic mass is 10.1. The second-order valence-corrected chi connectivity index (χ2v) is 3.50. The van der Waals surface area contributed by atoms with Crippen LogP contribution in [-0.2, 0) is 6.42 Å². The van der Waals surface area contributed by atoms with Gasteiger partial charge in [0.25, 0.3) is 5.69 Å². The number of rotatable bonds is 4. The Balaban J connectivity index is 2.94. The van der Waals surface area contributed by atoms with E-state index in [-0.39, 0.29) is 12.2 Å². The van der Waals surface area contributed by atoms with Gasteiger partial charge in [-0.1, -0.05) is 17.2 Å². The molecule has 78 valence electrons. The summed E-state index contributed by atoms with van der Waals surface area (Å²) in [5.74, 6) is 0. The van der Waals surface area contributed by atoms with Crippen molar-refractivity contribution < 1.29 is 4.92 Å². The lowest BCUT2D eigenvalue weighted by Gasteiger charge is -2.02. The Morgan fingerprint density at radius 3 is 2.93 bits per heavy atom. The molecule has 7 heteroatoms. The second kappa shape index (κ2) is 5.33. The predicted molar refractivity (Wildman–Crippen MR) is 58.5 cm³/mol. The van der Waals surface area contributed by atoms with Crippen LogP contribution in [0.1, 0.15) is 5.56 Å². The first-order valence-corrected chi connectivity index (χ1v) is 4.88. The summed E-state index contributed by atoms with van der Waals surface area (Å²) in [5, 5.41) is 14.0. The maximum Gasteiger partial charge on any atom is 0.283 e. The van der Waals surface area contributed by atoms with Crippen molar-refractivity contribution >= 4 is 21.6 Å². The molecule has 0 radical (unpaired) electrons. The Hall–Kier alpha value is -1.59. The minimum Gasteiger partial charge on any atom is -0.258 e. The van der Waals surface area contributed by atoms with Gasteiger partial charge in [-0.25, -0.2) is 0 Å². The molecule has 0 saturated heterocycles. The van der Waals surface area contributed by atoms with E-state index in [1.807, 2.05) is 0 Å². The molecule has 0 heterocycles. The first-order valence-electron chi connectivity index (χ1n) is 4.09. The second-order valence-electron chi connectivity index (χ2n) is 2.71. The van der Waals surface area contributed by atoms with Gasteiger partial charge in [0.05, 0.1) is 9.40 Å². The Bertz CT molecular complexity index is 429. The standard InChI is InChI=1S/C8H7BrN4O2/c9-8-6(4-5-11-12-10)2-1-3-7(8)13(14)15/h1-3H,4-5H2. The van der Waals surface area contributed by atoms with E-state index in [1.54, 1.807) is 12.1 Å². The molecule has 0 N–H and O–H groups in total. The highest BCUT2D eigenvalue weighted by atomic mass is 79.9. The van der Waals surface area contributed by atoms with Crippen molar-refractivity contribution in [2.45, 2.75) is 6.42 Å². The fraction of sp³-hybridized carbons (Fsp3) is 0.250. The van der Waals surface area contributed by atoms with Crippen molar-refractivity contribution in [1.29, 1.82) is 0 Å². The molecular formula is C8H7BrN4O2. The fourth-order valence-electron chi connectivity index (χ4n) is 1.12. The van der Waals surface area contributed by atoms with Crippen molar-refractivity contribution in [1.82, 2.24) is 0 Å². The van der Waals surface area contributed by atoms with Crippen LogP contribution in [0.5, 0.6) is 0 Å². The third-order valence-electron chi connectivity index (χ3n) is 1.80. The molecular weight excluding hydrogens is 264 g/mol. The zero-order valence-electron chi connectivity index (χ0n) is 7.63. The van der Waals surface area contributed by atoms with E-state index in [0.29, 0.717) is 10.9 Å². The number of halogens is 1. The molecule has 0 amide bonds. The third kappa shape index (κ3) is 2.93. The maximum atomic E-state index is 10.6. The smallest absolute Gasteiger partial charge is 0.258 e. The summed E-state index contributed by atoms with van der Waals surface area (Å²) in [4.78, 5) is 12.8. The maximum absolute atomic E-state index is 10.6.